The zero-order valence-electron chi connectivity index (χ0n) is 19.7. The van der Waals surface area contributed by atoms with Crippen LogP contribution in [0.15, 0.2) is 47.5 Å². The molecule has 180 valence electrons. The number of guanidine groups is 1. The predicted molar refractivity (Wildman–Crippen MR) is 142 cm³/mol. The van der Waals surface area contributed by atoms with E-state index in [1.165, 1.54) is 11.1 Å². The molecule has 2 aromatic rings. The zero-order valence-corrected chi connectivity index (χ0v) is 22.1. The van der Waals surface area contributed by atoms with E-state index in [1.54, 1.807) is 7.05 Å². The van der Waals surface area contributed by atoms with Gasteiger partial charge in [0.15, 0.2) is 5.96 Å². The van der Waals surface area contributed by atoms with E-state index in [0.717, 1.165) is 29.8 Å². The minimum absolute atomic E-state index is 0. The zero-order chi connectivity index (χ0) is 22.8. The molecule has 1 heterocycles. The van der Waals surface area contributed by atoms with E-state index in [0.29, 0.717) is 38.9 Å². The Kier molecular flexibility index (Phi) is 11.5. The Bertz CT molecular complexity index is 936. The van der Waals surface area contributed by atoms with Crippen molar-refractivity contribution in [1.82, 2.24) is 15.5 Å². The van der Waals surface area contributed by atoms with Crippen LogP contribution in [-0.4, -0.2) is 56.7 Å². The van der Waals surface area contributed by atoms with Crippen LogP contribution in [0.4, 0.5) is 0 Å². The van der Waals surface area contributed by atoms with Gasteiger partial charge < -0.3 is 25.0 Å². The first-order valence-corrected chi connectivity index (χ1v) is 11.2. The van der Waals surface area contributed by atoms with Gasteiger partial charge in [-0.15, -0.1) is 24.0 Å². The number of hydrogen-bond donors (Lipinski definition) is 2. The summed E-state index contributed by atoms with van der Waals surface area (Å²) in [4.78, 5) is 18.9. The summed E-state index contributed by atoms with van der Waals surface area (Å²) >= 11 is 0. The molecule has 0 spiro atoms. The van der Waals surface area contributed by atoms with Gasteiger partial charge in [-0.2, -0.15) is 0 Å². The number of rotatable bonds is 9. The topological polar surface area (TPSA) is 75.2 Å². The smallest absolute Gasteiger partial charge is 0.242 e. The Morgan fingerprint density at radius 2 is 1.91 bits per heavy atom. The first kappa shape index (κ1) is 26.9. The average molecular weight is 566 g/mol. The number of nitrogens with zero attached hydrogens (tertiary/aromatic N) is 2. The molecule has 0 atom stereocenters. The Morgan fingerprint density at radius 1 is 1.12 bits per heavy atom. The lowest BCUT2D eigenvalue weighted by atomic mass is 10.00. The number of aliphatic imine (C=N–C) groups is 1. The van der Waals surface area contributed by atoms with Gasteiger partial charge in [0.2, 0.25) is 5.91 Å². The third kappa shape index (κ3) is 8.19. The monoisotopic (exact) mass is 566 g/mol. The lowest BCUT2D eigenvalue weighted by Gasteiger charge is -2.29. The minimum Gasteiger partial charge on any atom is -0.491 e. The second-order valence-corrected chi connectivity index (χ2v) is 7.77. The summed E-state index contributed by atoms with van der Waals surface area (Å²) in [5.74, 6) is 1.48. The third-order valence-electron chi connectivity index (χ3n) is 5.47. The van der Waals surface area contributed by atoms with E-state index in [4.69, 9.17) is 9.47 Å². The van der Waals surface area contributed by atoms with Crippen molar-refractivity contribution >= 4 is 35.8 Å². The fourth-order valence-corrected chi connectivity index (χ4v) is 3.68. The van der Waals surface area contributed by atoms with E-state index >= 15 is 0 Å². The highest BCUT2D eigenvalue weighted by molar-refractivity contribution is 14.0. The van der Waals surface area contributed by atoms with E-state index < -0.39 is 0 Å². The first-order chi connectivity index (χ1) is 15.6. The van der Waals surface area contributed by atoms with Crippen LogP contribution < -0.4 is 15.4 Å². The van der Waals surface area contributed by atoms with Gasteiger partial charge in [-0.1, -0.05) is 36.4 Å². The Hall–Kier alpha value is -2.33. The van der Waals surface area contributed by atoms with Crippen LogP contribution in [0.1, 0.15) is 29.2 Å². The highest BCUT2D eigenvalue weighted by Crippen LogP contribution is 2.20. The summed E-state index contributed by atoms with van der Waals surface area (Å²) in [6, 6.07) is 14.4. The molecule has 3 rings (SSSR count). The summed E-state index contributed by atoms with van der Waals surface area (Å²) in [5, 5.41) is 6.42. The molecule has 1 amide bonds. The summed E-state index contributed by atoms with van der Waals surface area (Å²) in [5.41, 5.74) is 4.72. The predicted octanol–water partition coefficient (Wildman–Crippen LogP) is 3.28. The van der Waals surface area contributed by atoms with Gasteiger partial charge in [0.1, 0.15) is 12.4 Å². The van der Waals surface area contributed by atoms with Crippen LogP contribution in [0.3, 0.4) is 0 Å². The quantitative estimate of drug-likeness (QED) is 0.211. The summed E-state index contributed by atoms with van der Waals surface area (Å²) in [6.07, 6.45) is 0.897. The van der Waals surface area contributed by atoms with Crippen molar-refractivity contribution in [2.24, 2.45) is 4.99 Å². The van der Waals surface area contributed by atoms with Gasteiger partial charge in [0.05, 0.1) is 13.2 Å². The number of carbonyl (C=O) groups is 1. The van der Waals surface area contributed by atoms with Crippen LogP contribution in [0, 0.1) is 6.92 Å². The van der Waals surface area contributed by atoms with E-state index in [9.17, 15) is 4.79 Å². The lowest BCUT2D eigenvalue weighted by molar-refractivity contribution is -0.130. The molecule has 0 saturated carbocycles. The maximum absolute atomic E-state index is 12.7. The van der Waals surface area contributed by atoms with E-state index in [-0.39, 0.29) is 36.4 Å². The van der Waals surface area contributed by atoms with Crippen molar-refractivity contribution in [3.8, 4) is 5.75 Å². The maximum atomic E-state index is 12.7. The number of carbonyl (C=O) groups excluding carboxylic acids is 1. The second kappa shape index (κ2) is 14.0. The summed E-state index contributed by atoms with van der Waals surface area (Å²) < 4.78 is 11.3. The molecule has 0 fully saturated rings. The minimum atomic E-state index is 0. The maximum Gasteiger partial charge on any atom is 0.242 e. The molecule has 1 aliphatic rings. The van der Waals surface area contributed by atoms with Crippen molar-refractivity contribution in [3.63, 3.8) is 0 Å². The fraction of sp³-hybridized carbons (Fsp3) is 0.440. The van der Waals surface area contributed by atoms with Crippen molar-refractivity contribution < 1.29 is 14.3 Å². The molecule has 8 heteroatoms. The standard InChI is InChI=1S/C25H34N4O3.HI/c1-4-31-13-14-32-23-15-19(2)9-10-21(23)16-27-25(26-3)28-17-24(30)29-12-11-20-7-5-6-8-22(20)18-29;/h5-10,15H,4,11-14,16-18H2,1-3H3,(H2,26,27,28);1H. The molecule has 0 saturated heterocycles. The highest BCUT2D eigenvalue weighted by atomic mass is 127. The number of benzene rings is 2. The van der Waals surface area contributed by atoms with Crippen molar-refractivity contribution in [2.45, 2.75) is 33.4 Å². The molecule has 0 radical (unpaired) electrons. The lowest BCUT2D eigenvalue weighted by Crippen LogP contribution is -2.45. The molecule has 2 aromatic carbocycles. The SMILES string of the molecule is CCOCCOc1cc(C)ccc1CNC(=NC)NCC(=O)N1CCc2ccccc2C1.I. The normalized spacial score (nSPS) is 13.1. The van der Waals surface area contributed by atoms with Gasteiger partial charge in [-0.3, -0.25) is 9.79 Å². The van der Waals surface area contributed by atoms with Crippen molar-refractivity contribution in [3.05, 3.63) is 64.7 Å². The molecular formula is C25H35IN4O3. The number of aryl methyl sites for hydroxylation is 1. The van der Waals surface area contributed by atoms with Gasteiger partial charge in [-0.25, -0.2) is 0 Å². The summed E-state index contributed by atoms with van der Waals surface area (Å²) in [7, 11) is 1.70. The largest absolute Gasteiger partial charge is 0.491 e. The van der Waals surface area contributed by atoms with Crippen molar-refractivity contribution in [1.29, 1.82) is 0 Å². The second-order valence-electron chi connectivity index (χ2n) is 7.77. The molecule has 0 bridgehead atoms. The van der Waals surface area contributed by atoms with Crippen LogP contribution >= 0.6 is 24.0 Å². The number of halogens is 1. The van der Waals surface area contributed by atoms with Crippen LogP contribution in [0.5, 0.6) is 5.75 Å². The highest BCUT2D eigenvalue weighted by Gasteiger charge is 2.20. The fourth-order valence-electron chi connectivity index (χ4n) is 3.68. The third-order valence-corrected chi connectivity index (χ3v) is 5.47. The number of hydrogen-bond acceptors (Lipinski definition) is 4. The Morgan fingerprint density at radius 3 is 2.67 bits per heavy atom. The Balaban J connectivity index is 0.00000385. The molecule has 0 unspecified atom stereocenters. The van der Waals surface area contributed by atoms with Gasteiger partial charge in [-0.05, 0) is 43.0 Å². The molecule has 2 N–H and O–H groups in total. The Labute approximate surface area is 214 Å². The molecule has 0 aliphatic carbocycles. The first-order valence-electron chi connectivity index (χ1n) is 11.2. The average Bonchev–Trinajstić information content (AvgIpc) is 2.82. The molecule has 7 nitrogen and oxygen atoms in total. The van der Waals surface area contributed by atoms with Crippen LogP contribution in [-0.2, 0) is 29.0 Å². The number of ether oxygens (including phenoxy) is 2. The number of nitrogens with one attached hydrogen (secondary N) is 2. The van der Waals surface area contributed by atoms with E-state index in [1.807, 2.05) is 36.9 Å². The molecule has 0 aromatic heterocycles. The number of fused-ring (bicyclic) bond motifs is 1. The molecular weight excluding hydrogens is 531 g/mol. The van der Waals surface area contributed by atoms with Gasteiger partial charge in [0.25, 0.3) is 0 Å². The van der Waals surface area contributed by atoms with Crippen LogP contribution in [0.2, 0.25) is 0 Å². The molecule has 33 heavy (non-hydrogen) atoms. The molecule has 1 aliphatic heterocycles. The summed E-state index contributed by atoms with van der Waals surface area (Å²) in [6.45, 7) is 7.89. The van der Waals surface area contributed by atoms with Crippen LogP contribution in [0.25, 0.3) is 0 Å². The van der Waals surface area contributed by atoms with Gasteiger partial charge in [0, 0.05) is 38.9 Å². The number of amides is 1. The van der Waals surface area contributed by atoms with Gasteiger partial charge >= 0.3 is 0 Å². The van der Waals surface area contributed by atoms with E-state index in [2.05, 4.69) is 39.9 Å². The van der Waals surface area contributed by atoms with Crippen molar-refractivity contribution in [2.75, 3.05) is 40.0 Å².